The number of fused-ring (bicyclic) bond motifs is 5. The Bertz CT molecular complexity index is 805. The molecule has 0 aliphatic heterocycles. The minimum absolute atomic E-state index is 0.0567. The van der Waals surface area contributed by atoms with Gasteiger partial charge in [-0.15, -0.1) is 11.6 Å². The summed E-state index contributed by atoms with van der Waals surface area (Å²) < 4.78 is 0. The van der Waals surface area contributed by atoms with E-state index >= 15 is 0 Å². The van der Waals surface area contributed by atoms with Gasteiger partial charge in [-0.25, -0.2) is 0 Å². The van der Waals surface area contributed by atoms with E-state index < -0.39 is 39.8 Å². The van der Waals surface area contributed by atoms with Crippen molar-refractivity contribution in [1.29, 1.82) is 0 Å². The van der Waals surface area contributed by atoms with Crippen LogP contribution in [0.2, 0.25) is 0 Å². The van der Waals surface area contributed by atoms with Gasteiger partial charge >= 0.3 is 0 Å². The Morgan fingerprint density at radius 2 is 2.00 bits per heavy atom. The minimum Gasteiger partial charge on any atom is -0.391 e. The smallest absolute Gasteiger partial charge is 0.190 e. The SMILES string of the molecule is C[C@H]1C[C@H]2[C@H]3CCC4=CC(=O)C=C[C@@]4(C)[C@@]3(Cl)[C@@H](O)C[C@@]2(C)[C@@]1(O)C(=O)CO. The highest BCUT2D eigenvalue weighted by atomic mass is 35.5. The van der Waals surface area contributed by atoms with Gasteiger partial charge in [0, 0.05) is 10.8 Å². The van der Waals surface area contributed by atoms with Crippen molar-refractivity contribution >= 4 is 23.2 Å². The molecule has 0 unspecified atom stereocenters. The summed E-state index contributed by atoms with van der Waals surface area (Å²) in [6.07, 6.45) is 6.22. The lowest BCUT2D eigenvalue weighted by Gasteiger charge is -2.63. The maximum atomic E-state index is 12.6. The zero-order valence-corrected chi connectivity index (χ0v) is 17.4. The number of carbonyl (C=O) groups excluding carboxylic acids is 2. The number of rotatable bonds is 2. The molecule has 5 nitrogen and oxygen atoms in total. The van der Waals surface area contributed by atoms with Crippen LogP contribution in [0.3, 0.4) is 0 Å². The van der Waals surface area contributed by atoms with Crippen molar-refractivity contribution < 1.29 is 24.9 Å². The van der Waals surface area contributed by atoms with Crippen LogP contribution < -0.4 is 0 Å². The highest BCUT2D eigenvalue weighted by Crippen LogP contribution is 2.71. The molecule has 0 saturated heterocycles. The average molecular weight is 409 g/mol. The molecule has 0 aromatic heterocycles. The normalized spacial score (nSPS) is 52.5. The second kappa shape index (κ2) is 6.00. The van der Waals surface area contributed by atoms with Crippen molar-refractivity contribution in [2.45, 2.75) is 63.0 Å². The molecule has 0 amide bonds. The largest absolute Gasteiger partial charge is 0.391 e. The highest BCUT2D eigenvalue weighted by Gasteiger charge is 2.74. The third-order valence-electron chi connectivity index (χ3n) is 8.79. The summed E-state index contributed by atoms with van der Waals surface area (Å²) in [7, 11) is 0. The van der Waals surface area contributed by atoms with E-state index in [4.69, 9.17) is 11.6 Å². The molecule has 3 N–H and O–H groups in total. The maximum Gasteiger partial charge on any atom is 0.190 e. The summed E-state index contributed by atoms with van der Waals surface area (Å²) in [6.45, 7) is 4.97. The van der Waals surface area contributed by atoms with E-state index in [0.717, 1.165) is 5.57 Å². The third-order valence-corrected chi connectivity index (χ3v) is 9.72. The Balaban J connectivity index is 1.84. The summed E-state index contributed by atoms with van der Waals surface area (Å²) in [5.74, 6) is -1.15. The zero-order chi connectivity index (χ0) is 20.7. The second-order valence-electron chi connectivity index (χ2n) is 9.75. The molecule has 28 heavy (non-hydrogen) atoms. The van der Waals surface area contributed by atoms with Crippen LogP contribution in [0.4, 0.5) is 0 Å². The van der Waals surface area contributed by atoms with Crippen molar-refractivity contribution in [2.75, 3.05) is 6.61 Å². The number of hydrogen-bond acceptors (Lipinski definition) is 5. The van der Waals surface area contributed by atoms with Gasteiger partial charge in [-0.1, -0.05) is 32.4 Å². The van der Waals surface area contributed by atoms with E-state index in [-0.39, 0.29) is 30.0 Å². The number of alkyl halides is 1. The van der Waals surface area contributed by atoms with Crippen LogP contribution in [0, 0.1) is 28.6 Å². The predicted molar refractivity (Wildman–Crippen MR) is 105 cm³/mol. The number of allylic oxidation sites excluding steroid dienone is 4. The fourth-order valence-corrected chi connectivity index (χ4v) is 7.78. The lowest BCUT2D eigenvalue weighted by atomic mass is 9.45. The second-order valence-corrected chi connectivity index (χ2v) is 10.4. The quantitative estimate of drug-likeness (QED) is 0.608. The van der Waals surface area contributed by atoms with Gasteiger partial charge < -0.3 is 15.3 Å². The van der Waals surface area contributed by atoms with E-state index in [9.17, 15) is 24.9 Å². The van der Waals surface area contributed by atoms with Gasteiger partial charge in [0.25, 0.3) is 0 Å². The van der Waals surface area contributed by atoms with Crippen LogP contribution in [0.15, 0.2) is 23.8 Å². The van der Waals surface area contributed by atoms with Gasteiger partial charge in [0.05, 0.1) is 11.0 Å². The summed E-state index contributed by atoms with van der Waals surface area (Å²) in [6, 6.07) is 0. The maximum absolute atomic E-state index is 12.6. The van der Waals surface area contributed by atoms with Gasteiger partial charge in [0.2, 0.25) is 0 Å². The molecule has 4 aliphatic rings. The van der Waals surface area contributed by atoms with E-state index in [1.165, 1.54) is 6.08 Å². The molecule has 0 aromatic rings. The third kappa shape index (κ3) is 2.09. The molecule has 0 bridgehead atoms. The number of halogens is 1. The fourth-order valence-electron chi connectivity index (χ4n) is 7.26. The summed E-state index contributed by atoms with van der Waals surface area (Å²) in [4.78, 5) is 23.5. The molecule has 3 saturated carbocycles. The summed E-state index contributed by atoms with van der Waals surface area (Å²) in [5.41, 5.74) is -2.25. The van der Waals surface area contributed by atoms with E-state index in [0.29, 0.717) is 19.3 Å². The van der Waals surface area contributed by atoms with Gasteiger partial charge in [0.1, 0.15) is 12.2 Å². The first-order valence-corrected chi connectivity index (χ1v) is 10.5. The van der Waals surface area contributed by atoms with Gasteiger partial charge in [-0.3, -0.25) is 9.59 Å². The Morgan fingerprint density at radius 1 is 1.32 bits per heavy atom. The molecule has 8 atom stereocenters. The van der Waals surface area contributed by atoms with Crippen molar-refractivity contribution in [3.63, 3.8) is 0 Å². The van der Waals surface area contributed by atoms with Crippen LogP contribution in [-0.2, 0) is 9.59 Å². The molecule has 0 radical (unpaired) electrons. The minimum atomic E-state index is -1.68. The van der Waals surface area contributed by atoms with Crippen LogP contribution in [0.5, 0.6) is 0 Å². The van der Waals surface area contributed by atoms with Crippen molar-refractivity contribution in [3.8, 4) is 0 Å². The topological polar surface area (TPSA) is 94.8 Å². The molecule has 0 spiro atoms. The van der Waals surface area contributed by atoms with E-state index in [2.05, 4.69) is 0 Å². The van der Waals surface area contributed by atoms with Crippen LogP contribution in [0.25, 0.3) is 0 Å². The monoisotopic (exact) mass is 408 g/mol. The van der Waals surface area contributed by atoms with Crippen molar-refractivity contribution in [2.24, 2.45) is 28.6 Å². The molecular formula is C22H29ClO5. The van der Waals surface area contributed by atoms with Gasteiger partial charge in [-0.2, -0.15) is 0 Å². The van der Waals surface area contributed by atoms with Gasteiger partial charge in [-0.05, 0) is 55.6 Å². The molecule has 0 aromatic carbocycles. The molecule has 3 fully saturated rings. The fraction of sp³-hybridized carbons (Fsp3) is 0.727. The number of carbonyl (C=O) groups is 2. The number of Topliss-reactive ketones (excluding diaryl/α,β-unsaturated/α-hetero) is 1. The Hall–Kier alpha value is -1.01. The lowest BCUT2D eigenvalue weighted by Crippen LogP contribution is -2.69. The molecular weight excluding hydrogens is 380 g/mol. The van der Waals surface area contributed by atoms with E-state index in [1.54, 1.807) is 6.08 Å². The average Bonchev–Trinajstić information content (AvgIpc) is 2.84. The molecule has 6 heteroatoms. The number of hydrogen-bond donors (Lipinski definition) is 3. The van der Waals surface area contributed by atoms with Crippen LogP contribution in [-0.4, -0.2) is 50.1 Å². The molecule has 154 valence electrons. The summed E-state index contributed by atoms with van der Waals surface area (Å²) >= 11 is 7.30. The van der Waals surface area contributed by atoms with Crippen LogP contribution in [0.1, 0.15) is 46.5 Å². The van der Waals surface area contributed by atoms with E-state index in [1.807, 2.05) is 26.8 Å². The Labute approximate surface area is 170 Å². The number of aliphatic hydroxyl groups is 3. The molecule has 4 rings (SSSR count). The summed E-state index contributed by atoms with van der Waals surface area (Å²) in [5, 5.41) is 32.3. The van der Waals surface area contributed by atoms with Crippen molar-refractivity contribution in [1.82, 2.24) is 0 Å². The van der Waals surface area contributed by atoms with Crippen molar-refractivity contribution in [3.05, 3.63) is 23.8 Å². The standard InChI is InChI=1S/C22H29ClO5/c1-12-8-16-15-5-4-13-9-14(25)6-7-19(13,2)21(15,23)17(26)10-20(16,3)22(12,28)18(27)11-24/h6-7,9,12,15-17,24,26,28H,4-5,8,10-11H2,1-3H3/t12-,15+,16-,17-,19+,20+,21-,22-/m0/s1. The zero-order valence-electron chi connectivity index (χ0n) is 16.6. The first-order chi connectivity index (χ1) is 13.0. The highest BCUT2D eigenvalue weighted by molar-refractivity contribution is 6.26. The molecule has 4 aliphatic carbocycles. The number of aliphatic hydroxyl groups excluding tert-OH is 2. The Morgan fingerprint density at radius 3 is 2.64 bits per heavy atom. The first-order valence-electron chi connectivity index (χ1n) is 10.1. The lowest BCUT2D eigenvalue weighted by molar-refractivity contribution is -0.179. The van der Waals surface area contributed by atoms with Gasteiger partial charge in [0.15, 0.2) is 11.6 Å². The number of ketones is 2. The Kier molecular flexibility index (Phi) is 4.35. The first kappa shape index (κ1) is 20.3. The van der Waals surface area contributed by atoms with Crippen LogP contribution >= 0.6 is 11.6 Å². The predicted octanol–water partition coefficient (Wildman–Crippen LogP) is 2.17. The molecule has 0 heterocycles.